The summed E-state index contributed by atoms with van der Waals surface area (Å²) < 4.78 is 45.2. The highest BCUT2D eigenvalue weighted by Crippen LogP contribution is 2.49. The van der Waals surface area contributed by atoms with E-state index in [0.29, 0.717) is 12.2 Å². The molecule has 2 aliphatic rings. The minimum absolute atomic E-state index is 0. The van der Waals surface area contributed by atoms with Crippen molar-refractivity contribution in [3.8, 4) is 0 Å². The number of benzene rings is 2. The molecule has 0 saturated carbocycles. The average Bonchev–Trinajstić information content (AvgIpc) is 2.75. The van der Waals surface area contributed by atoms with Gasteiger partial charge in [-0.15, -0.1) is 24.8 Å². The van der Waals surface area contributed by atoms with Gasteiger partial charge in [-0.25, -0.2) is 0 Å². The third-order valence-corrected chi connectivity index (χ3v) is 6.53. The number of halogens is 5. The molecule has 4 rings (SSSR count). The predicted octanol–water partition coefficient (Wildman–Crippen LogP) is 5.46. The molecule has 4 nitrogen and oxygen atoms in total. The zero-order valence-electron chi connectivity index (χ0n) is 17.6. The van der Waals surface area contributed by atoms with Crippen LogP contribution in [0.1, 0.15) is 12.0 Å². The normalized spacial score (nSPS) is 15.9. The van der Waals surface area contributed by atoms with Gasteiger partial charge in [-0.05, 0) is 43.3 Å². The number of alkyl halides is 3. The molecule has 2 aromatic rings. The van der Waals surface area contributed by atoms with Crippen LogP contribution in [-0.4, -0.2) is 57.4 Å². The molecular formula is C22H28Cl2F3N3OS. The summed E-state index contributed by atoms with van der Waals surface area (Å²) in [5, 5.41) is 3.46. The number of para-hydroxylation sites is 1. The molecule has 0 amide bonds. The maximum absolute atomic E-state index is 13.3. The molecule has 0 aliphatic carbocycles. The van der Waals surface area contributed by atoms with Gasteiger partial charge in [0.2, 0.25) is 0 Å². The van der Waals surface area contributed by atoms with Gasteiger partial charge in [-0.1, -0.05) is 23.9 Å². The number of morpholine rings is 1. The van der Waals surface area contributed by atoms with Crippen molar-refractivity contribution in [2.45, 2.75) is 22.4 Å². The van der Waals surface area contributed by atoms with Crippen LogP contribution in [-0.2, 0) is 10.9 Å². The maximum atomic E-state index is 13.3. The second-order valence-electron chi connectivity index (χ2n) is 7.46. The average molecular weight is 510 g/mol. The molecule has 1 saturated heterocycles. The topological polar surface area (TPSA) is 27.7 Å². The van der Waals surface area contributed by atoms with Crippen LogP contribution >= 0.6 is 36.6 Å². The van der Waals surface area contributed by atoms with E-state index in [0.717, 1.165) is 67.8 Å². The Morgan fingerprint density at radius 2 is 1.62 bits per heavy atom. The molecular weight excluding hydrogens is 482 g/mol. The molecule has 2 heterocycles. The standard InChI is InChI=1S/C22H26F3N3OS.2ClH/c23-22(24,25)17-6-7-21-19(16-17)28(18-4-1-2-5-20(18)30-21)10-3-8-26-9-11-27-12-14-29-15-13-27;;/h1-2,4-7,16,26H,3,8-15H2;2*1H. The molecule has 1 N–H and O–H groups in total. The number of hydrogen-bond donors (Lipinski definition) is 1. The Morgan fingerprint density at radius 1 is 0.906 bits per heavy atom. The molecule has 2 aliphatic heterocycles. The van der Waals surface area contributed by atoms with Gasteiger partial charge in [0, 0.05) is 42.5 Å². The lowest BCUT2D eigenvalue weighted by Crippen LogP contribution is -2.40. The monoisotopic (exact) mass is 509 g/mol. The number of nitrogens with zero attached hydrogens (tertiary/aromatic N) is 2. The highest BCUT2D eigenvalue weighted by molar-refractivity contribution is 7.99. The van der Waals surface area contributed by atoms with Crippen molar-refractivity contribution in [3.63, 3.8) is 0 Å². The fourth-order valence-corrected chi connectivity index (χ4v) is 4.87. The Bertz CT molecular complexity index is 867. The second kappa shape index (κ2) is 12.3. The van der Waals surface area contributed by atoms with Crippen LogP contribution in [0.2, 0.25) is 0 Å². The van der Waals surface area contributed by atoms with Crippen molar-refractivity contribution in [3.05, 3.63) is 48.0 Å². The smallest absolute Gasteiger partial charge is 0.379 e. The Morgan fingerprint density at radius 3 is 2.38 bits per heavy atom. The van der Waals surface area contributed by atoms with E-state index >= 15 is 0 Å². The third-order valence-electron chi connectivity index (χ3n) is 5.40. The van der Waals surface area contributed by atoms with Gasteiger partial charge in [0.25, 0.3) is 0 Å². The summed E-state index contributed by atoms with van der Waals surface area (Å²) in [4.78, 5) is 6.34. The highest BCUT2D eigenvalue weighted by Gasteiger charge is 2.33. The van der Waals surface area contributed by atoms with E-state index in [2.05, 4.69) is 10.2 Å². The first-order valence-corrected chi connectivity index (χ1v) is 11.1. The molecule has 0 radical (unpaired) electrons. The number of anilines is 2. The van der Waals surface area contributed by atoms with Crippen LogP contribution < -0.4 is 10.2 Å². The van der Waals surface area contributed by atoms with Crippen molar-refractivity contribution in [1.82, 2.24) is 10.2 Å². The van der Waals surface area contributed by atoms with Crippen LogP contribution in [0.25, 0.3) is 0 Å². The first-order valence-electron chi connectivity index (χ1n) is 10.3. The summed E-state index contributed by atoms with van der Waals surface area (Å²) >= 11 is 1.53. The van der Waals surface area contributed by atoms with E-state index in [9.17, 15) is 13.2 Å². The number of ether oxygens (including phenoxy) is 1. The van der Waals surface area contributed by atoms with Crippen molar-refractivity contribution >= 4 is 48.0 Å². The van der Waals surface area contributed by atoms with Crippen molar-refractivity contribution in [2.24, 2.45) is 0 Å². The quantitative estimate of drug-likeness (QED) is 0.500. The molecule has 1 fully saturated rings. The SMILES string of the molecule is Cl.Cl.FC(F)(F)c1ccc2c(c1)N(CCCNCCN1CCOCC1)c1ccccc1S2. The number of rotatable bonds is 7. The van der Waals surface area contributed by atoms with Gasteiger partial charge in [0.05, 0.1) is 30.2 Å². The fourth-order valence-electron chi connectivity index (χ4n) is 3.80. The minimum atomic E-state index is -4.34. The first kappa shape index (κ1) is 27.1. The van der Waals surface area contributed by atoms with Gasteiger partial charge in [-0.3, -0.25) is 4.90 Å². The van der Waals surface area contributed by atoms with E-state index in [1.807, 2.05) is 29.2 Å². The number of hydrogen-bond acceptors (Lipinski definition) is 5. The summed E-state index contributed by atoms with van der Waals surface area (Å²) in [7, 11) is 0. The van der Waals surface area contributed by atoms with Gasteiger partial charge >= 0.3 is 6.18 Å². The first-order chi connectivity index (χ1) is 14.5. The Balaban J connectivity index is 0.00000181. The van der Waals surface area contributed by atoms with Crippen LogP contribution in [0.5, 0.6) is 0 Å². The molecule has 0 atom stereocenters. The highest BCUT2D eigenvalue weighted by atomic mass is 35.5. The molecule has 32 heavy (non-hydrogen) atoms. The van der Waals surface area contributed by atoms with Crippen LogP contribution in [0.15, 0.2) is 52.3 Å². The van der Waals surface area contributed by atoms with E-state index in [1.54, 1.807) is 6.07 Å². The van der Waals surface area contributed by atoms with E-state index < -0.39 is 11.7 Å². The van der Waals surface area contributed by atoms with Crippen LogP contribution in [0.4, 0.5) is 24.5 Å². The maximum Gasteiger partial charge on any atom is 0.416 e. The van der Waals surface area contributed by atoms with Crippen molar-refractivity contribution in [2.75, 3.05) is 57.4 Å². The van der Waals surface area contributed by atoms with E-state index in [4.69, 9.17) is 4.74 Å². The predicted molar refractivity (Wildman–Crippen MR) is 128 cm³/mol. The summed E-state index contributed by atoms with van der Waals surface area (Å²) in [5.74, 6) is 0. The molecule has 2 aromatic carbocycles. The summed E-state index contributed by atoms with van der Waals surface area (Å²) in [6, 6.07) is 11.9. The van der Waals surface area contributed by atoms with E-state index in [1.165, 1.54) is 23.9 Å². The Kier molecular flexibility index (Phi) is 10.4. The zero-order chi connectivity index (χ0) is 21.0. The van der Waals surface area contributed by atoms with Crippen LogP contribution in [0.3, 0.4) is 0 Å². The molecule has 0 aromatic heterocycles. The lowest BCUT2D eigenvalue weighted by atomic mass is 10.1. The summed E-state index contributed by atoms with van der Waals surface area (Å²) in [6.45, 7) is 6.92. The molecule has 0 unspecified atom stereocenters. The minimum Gasteiger partial charge on any atom is -0.379 e. The van der Waals surface area contributed by atoms with Crippen molar-refractivity contribution in [1.29, 1.82) is 0 Å². The fraction of sp³-hybridized carbons (Fsp3) is 0.455. The lowest BCUT2D eigenvalue weighted by Gasteiger charge is -2.33. The van der Waals surface area contributed by atoms with Gasteiger partial charge in [0.1, 0.15) is 0 Å². The molecule has 0 spiro atoms. The third kappa shape index (κ3) is 6.68. The van der Waals surface area contributed by atoms with Gasteiger partial charge < -0.3 is 15.0 Å². The van der Waals surface area contributed by atoms with Crippen molar-refractivity contribution < 1.29 is 17.9 Å². The zero-order valence-corrected chi connectivity index (χ0v) is 20.0. The Hall–Kier alpha value is -1.16. The molecule has 10 heteroatoms. The van der Waals surface area contributed by atoms with Crippen LogP contribution in [0, 0.1) is 0 Å². The molecule has 178 valence electrons. The van der Waals surface area contributed by atoms with E-state index in [-0.39, 0.29) is 24.8 Å². The second-order valence-corrected chi connectivity index (χ2v) is 8.54. The Labute approximate surface area is 203 Å². The molecule has 0 bridgehead atoms. The van der Waals surface area contributed by atoms with Gasteiger partial charge in [0.15, 0.2) is 0 Å². The largest absolute Gasteiger partial charge is 0.416 e. The summed E-state index contributed by atoms with van der Waals surface area (Å²) in [5.41, 5.74) is 1.01. The lowest BCUT2D eigenvalue weighted by molar-refractivity contribution is -0.137. The number of fused-ring (bicyclic) bond motifs is 2. The number of nitrogens with one attached hydrogen (secondary N) is 1. The van der Waals surface area contributed by atoms with Gasteiger partial charge in [-0.2, -0.15) is 13.2 Å². The summed E-state index contributed by atoms with van der Waals surface area (Å²) in [6.07, 6.45) is -3.50.